The average molecular weight is 394 g/mol. The van der Waals surface area contributed by atoms with Gasteiger partial charge in [-0.05, 0) is 42.7 Å². The summed E-state index contributed by atoms with van der Waals surface area (Å²) in [6.45, 7) is 4.46. The smallest absolute Gasteiger partial charge is 0.257 e. The molecule has 152 valence electrons. The minimum Gasteiger partial charge on any atom is -0.494 e. The number of ether oxygens (including phenoxy) is 1. The van der Waals surface area contributed by atoms with Crippen LogP contribution >= 0.6 is 0 Å². The predicted octanol–water partition coefficient (Wildman–Crippen LogP) is 3.20. The van der Waals surface area contributed by atoms with E-state index in [1.165, 1.54) is 16.7 Å². The lowest BCUT2D eigenvalue weighted by Crippen LogP contribution is -2.45. The van der Waals surface area contributed by atoms with Gasteiger partial charge in [-0.25, -0.2) is 4.90 Å². The summed E-state index contributed by atoms with van der Waals surface area (Å²) in [7, 11) is 0. The molecule has 2 aromatic carbocycles. The highest BCUT2D eigenvalue weighted by Crippen LogP contribution is 2.27. The van der Waals surface area contributed by atoms with Crippen LogP contribution in [0.2, 0.25) is 0 Å². The highest BCUT2D eigenvalue weighted by atomic mass is 16.5. The monoisotopic (exact) mass is 394 g/mol. The number of rotatable bonds is 8. The molecule has 0 saturated carbocycles. The fourth-order valence-electron chi connectivity index (χ4n) is 3.47. The maximum atomic E-state index is 13.0. The molecule has 1 fully saturated rings. The van der Waals surface area contributed by atoms with E-state index in [1.54, 1.807) is 24.3 Å². The highest BCUT2D eigenvalue weighted by molar-refractivity contribution is 6.23. The van der Waals surface area contributed by atoms with E-state index in [-0.39, 0.29) is 24.1 Å². The van der Waals surface area contributed by atoms with E-state index in [0.717, 1.165) is 12.0 Å². The summed E-state index contributed by atoms with van der Waals surface area (Å²) in [5.74, 6) is -0.176. The van der Waals surface area contributed by atoms with Crippen LogP contribution in [0.3, 0.4) is 0 Å². The van der Waals surface area contributed by atoms with Gasteiger partial charge >= 0.3 is 0 Å². The van der Waals surface area contributed by atoms with Crippen molar-refractivity contribution in [3.8, 4) is 5.75 Å². The van der Waals surface area contributed by atoms with Gasteiger partial charge in [0.2, 0.25) is 11.8 Å². The summed E-state index contributed by atoms with van der Waals surface area (Å²) >= 11 is 0. The van der Waals surface area contributed by atoms with Crippen molar-refractivity contribution in [1.29, 1.82) is 0 Å². The first-order valence-electron chi connectivity index (χ1n) is 9.92. The van der Waals surface area contributed by atoms with Gasteiger partial charge in [-0.2, -0.15) is 0 Å². The van der Waals surface area contributed by atoms with Crippen LogP contribution in [0.25, 0.3) is 0 Å². The Morgan fingerprint density at radius 3 is 2.41 bits per heavy atom. The van der Waals surface area contributed by atoms with Crippen molar-refractivity contribution in [2.75, 3.05) is 18.1 Å². The molecule has 1 saturated heterocycles. The molecule has 6 heteroatoms. The molecule has 3 amide bonds. The Morgan fingerprint density at radius 1 is 1.10 bits per heavy atom. The molecule has 0 N–H and O–H groups in total. The molecule has 1 aliphatic rings. The van der Waals surface area contributed by atoms with E-state index in [0.29, 0.717) is 31.0 Å². The Balaban J connectivity index is 1.72. The Bertz CT molecular complexity index is 864. The molecule has 0 unspecified atom stereocenters. The van der Waals surface area contributed by atoms with Crippen LogP contribution in [0.15, 0.2) is 54.6 Å². The zero-order chi connectivity index (χ0) is 20.8. The number of nitrogens with zero attached hydrogens (tertiary/aromatic N) is 2. The van der Waals surface area contributed by atoms with Gasteiger partial charge in [-0.3, -0.25) is 14.4 Å². The van der Waals surface area contributed by atoms with Gasteiger partial charge in [0.15, 0.2) is 0 Å². The topological polar surface area (TPSA) is 66.9 Å². The summed E-state index contributed by atoms with van der Waals surface area (Å²) in [6, 6.07) is 15.9. The van der Waals surface area contributed by atoms with Crippen LogP contribution in [0.5, 0.6) is 5.75 Å². The summed E-state index contributed by atoms with van der Waals surface area (Å²) in [5.41, 5.74) is 1.58. The molecule has 6 nitrogen and oxygen atoms in total. The van der Waals surface area contributed by atoms with Gasteiger partial charge in [0.1, 0.15) is 11.8 Å². The molecule has 2 aromatic rings. The van der Waals surface area contributed by atoms with Crippen molar-refractivity contribution >= 4 is 23.4 Å². The summed E-state index contributed by atoms with van der Waals surface area (Å²) < 4.78 is 5.55. The van der Waals surface area contributed by atoms with Crippen molar-refractivity contribution in [3.05, 3.63) is 60.2 Å². The van der Waals surface area contributed by atoms with E-state index in [4.69, 9.17) is 4.74 Å². The Kier molecular flexibility index (Phi) is 6.65. The fraction of sp³-hybridized carbons (Fsp3) is 0.348. The van der Waals surface area contributed by atoms with Crippen molar-refractivity contribution < 1.29 is 19.1 Å². The predicted molar refractivity (Wildman–Crippen MR) is 111 cm³/mol. The molecule has 1 heterocycles. The van der Waals surface area contributed by atoms with E-state index >= 15 is 0 Å². The third-order valence-corrected chi connectivity index (χ3v) is 4.96. The SMILES string of the molecule is CCCOc1ccc(N2C(=O)C[C@@H](N(CCc3ccccc3)C(C)=O)C2=O)cc1. The molecule has 0 spiro atoms. The molecular weight excluding hydrogens is 368 g/mol. The lowest BCUT2D eigenvalue weighted by molar-refractivity contribution is -0.136. The lowest BCUT2D eigenvalue weighted by Gasteiger charge is -2.26. The third kappa shape index (κ3) is 4.83. The Morgan fingerprint density at radius 2 is 1.79 bits per heavy atom. The molecular formula is C23H26N2O4. The number of anilines is 1. The number of amides is 3. The van der Waals surface area contributed by atoms with Crippen LogP contribution in [0.4, 0.5) is 5.69 Å². The van der Waals surface area contributed by atoms with E-state index in [1.807, 2.05) is 37.3 Å². The maximum Gasteiger partial charge on any atom is 0.257 e. The number of carbonyl (C=O) groups is 3. The molecule has 3 rings (SSSR count). The second-order valence-corrected chi connectivity index (χ2v) is 7.08. The van der Waals surface area contributed by atoms with Gasteiger partial charge < -0.3 is 9.64 Å². The van der Waals surface area contributed by atoms with Crippen LogP contribution in [-0.4, -0.2) is 41.8 Å². The van der Waals surface area contributed by atoms with Gasteiger partial charge in [0.05, 0.1) is 18.7 Å². The van der Waals surface area contributed by atoms with E-state index < -0.39 is 6.04 Å². The normalized spacial score (nSPS) is 16.2. The minimum absolute atomic E-state index is 0.00128. The molecule has 1 atom stereocenters. The summed E-state index contributed by atoms with van der Waals surface area (Å²) in [4.78, 5) is 40.5. The van der Waals surface area contributed by atoms with Gasteiger partial charge in [-0.1, -0.05) is 37.3 Å². The fourth-order valence-corrected chi connectivity index (χ4v) is 3.47. The molecule has 0 aliphatic carbocycles. The van der Waals surface area contributed by atoms with Gasteiger partial charge in [0.25, 0.3) is 5.91 Å². The standard InChI is InChI=1S/C23H26N2O4/c1-3-15-29-20-11-9-19(10-12-20)25-22(27)16-21(23(25)28)24(17(2)26)14-13-18-7-5-4-6-8-18/h4-12,21H,3,13-16H2,1-2H3/t21-/m1/s1. The summed E-state index contributed by atoms with van der Waals surface area (Å²) in [5, 5.41) is 0. The largest absolute Gasteiger partial charge is 0.494 e. The first-order valence-corrected chi connectivity index (χ1v) is 9.92. The third-order valence-electron chi connectivity index (χ3n) is 4.96. The molecule has 29 heavy (non-hydrogen) atoms. The Hall–Kier alpha value is -3.15. The molecule has 0 aromatic heterocycles. The second kappa shape index (κ2) is 9.37. The van der Waals surface area contributed by atoms with E-state index in [9.17, 15) is 14.4 Å². The molecule has 1 aliphatic heterocycles. The Labute approximate surface area is 171 Å². The highest BCUT2D eigenvalue weighted by Gasteiger charge is 2.43. The second-order valence-electron chi connectivity index (χ2n) is 7.08. The number of imide groups is 1. The zero-order valence-corrected chi connectivity index (χ0v) is 16.8. The van der Waals surface area contributed by atoms with Crippen LogP contribution < -0.4 is 9.64 Å². The zero-order valence-electron chi connectivity index (χ0n) is 16.8. The minimum atomic E-state index is -0.764. The quantitative estimate of drug-likeness (QED) is 0.645. The van der Waals surface area contributed by atoms with Crippen LogP contribution in [0, 0.1) is 0 Å². The van der Waals surface area contributed by atoms with Crippen molar-refractivity contribution in [1.82, 2.24) is 4.90 Å². The first kappa shape index (κ1) is 20.6. The number of carbonyl (C=O) groups excluding carboxylic acids is 3. The van der Waals surface area contributed by atoms with E-state index in [2.05, 4.69) is 0 Å². The van der Waals surface area contributed by atoms with Gasteiger partial charge in [-0.15, -0.1) is 0 Å². The number of benzene rings is 2. The lowest BCUT2D eigenvalue weighted by atomic mass is 10.1. The first-order chi connectivity index (χ1) is 14.0. The maximum absolute atomic E-state index is 13.0. The number of hydrogen-bond donors (Lipinski definition) is 0. The summed E-state index contributed by atoms with van der Waals surface area (Å²) in [6.07, 6.45) is 1.53. The van der Waals surface area contributed by atoms with Crippen molar-refractivity contribution in [3.63, 3.8) is 0 Å². The average Bonchev–Trinajstić information content (AvgIpc) is 3.01. The van der Waals surface area contributed by atoms with Crippen molar-refractivity contribution in [2.24, 2.45) is 0 Å². The number of hydrogen-bond acceptors (Lipinski definition) is 4. The molecule has 0 radical (unpaired) electrons. The molecule has 0 bridgehead atoms. The van der Waals surface area contributed by atoms with Crippen LogP contribution in [0.1, 0.15) is 32.3 Å². The van der Waals surface area contributed by atoms with Crippen molar-refractivity contribution in [2.45, 2.75) is 39.2 Å². The van der Waals surface area contributed by atoms with Crippen LogP contribution in [-0.2, 0) is 20.8 Å². The van der Waals surface area contributed by atoms with Gasteiger partial charge in [0, 0.05) is 13.5 Å².